The number of rotatable bonds is 5. The van der Waals surface area contributed by atoms with Crippen LogP contribution in [-0.4, -0.2) is 17.6 Å². The predicted molar refractivity (Wildman–Crippen MR) is 86.4 cm³/mol. The molecule has 2 heterocycles. The minimum absolute atomic E-state index is 0.239. The molecule has 0 atom stereocenters. The van der Waals surface area contributed by atoms with Crippen LogP contribution in [0.15, 0.2) is 51.6 Å². The number of hydrogen-bond donors (Lipinski definition) is 1. The summed E-state index contributed by atoms with van der Waals surface area (Å²) in [6.07, 6.45) is 2.22. The zero-order valence-corrected chi connectivity index (χ0v) is 13.3. The standard InChI is InChI=1S/C17H15ClN2O3/c1-11-15(16(20-23-11)14-6-3-9-22-14)17(21)19-8-7-12-4-2-5-13(18)10-12/h2-6,9-10H,7-8H2,1H3,(H,19,21). The first-order chi connectivity index (χ1) is 11.1. The average Bonchev–Trinajstić information content (AvgIpc) is 3.16. The maximum atomic E-state index is 12.4. The van der Waals surface area contributed by atoms with Crippen LogP contribution >= 0.6 is 11.6 Å². The molecule has 23 heavy (non-hydrogen) atoms. The Morgan fingerprint density at radius 2 is 2.17 bits per heavy atom. The summed E-state index contributed by atoms with van der Waals surface area (Å²) in [6, 6.07) is 11.0. The summed E-state index contributed by atoms with van der Waals surface area (Å²) >= 11 is 5.95. The van der Waals surface area contributed by atoms with Crippen LogP contribution in [0, 0.1) is 6.92 Å². The molecular formula is C17H15ClN2O3. The Labute approximate surface area is 138 Å². The summed E-state index contributed by atoms with van der Waals surface area (Å²) < 4.78 is 10.4. The molecule has 5 nitrogen and oxygen atoms in total. The van der Waals surface area contributed by atoms with Crippen molar-refractivity contribution < 1.29 is 13.7 Å². The van der Waals surface area contributed by atoms with Crippen LogP contribution in [0.5, 0.6) is 0 Å². The molecule has 0 aliphatic carbocycles. The van der Waals surface area contributed by atoms with Gasteiger partial charge in [-0.2, -0.15) is 0 Å². The van der Waals surface area contributed by atoms with Crippen molar-refractivity contribution in [3.8, 4) is 11.5 Å². The summed E-state index contributed by atoms with van der Waals surface area (Å²) in [7, 11) is 0. The van der Waals surface area contributed by atoms with E-state index in [0.717, 1.165) is 5.56 Å². The summed E-state index contributed by atoms with van der Waals surface area (Å²) in [5.41, 5.74) is 1.87. The maximum Gasteiger partial charge on any atom is 0.257 e. The number of nitrogens with one attached hydrogen (secondary N) is 1. The first-order valence-electron chi connectivity index (χ1n) is 7.18. The lowest BCUT2D eigenvalue weighted by molar-refractivity contribution is 0.0953. The van der Waals surface area contributed by atoms with Gasteiger partial charge in [0.05, 0.1) is 6.26 Å². The van der Waals surface area contributed by atoms with Crippen LogP contribution in [0.4, 0.5) is 0 Å². The van der Waals surface area contributed by atoms with Crippen molar-refractivity contribution in [2.24, 2.45) is 0 Å². The van der Waals surface area contributed by atoms with Gasteiger partial charge >= 0.3 is 0 Å². The topological polar surface area (TPSA) is 68.3 Å². The van der Waals surface area contributed by atoms with Crippen LogP contribution in [0.1, 0.15) is 21.7 Å². The molecule has 0 radical (unpaired) electrons. The average molecular weight is 331 g/mol. The summed E-state index contributed by atoms with van der Waals surface area (Å²) in [4.78, 5) is 12.4. The quantitative estimate of drug-likeness (QED) is 0.771. The number of furan rings is 1. The molecule has 0 spiro atoms. The fourth-order valence-corrected chi connectivity index (χ4v) is 2.54. The highest BCUT2D eigenvalue weighted by Crippen LogP contribution is 2.25. The Kier molecular flexibility index (Phi) is 4.48. The fourth-order valence-electron chi connectivity index (χ4n) is 2.32. The molecule has 0 saturated heterocycles. The molecule has 1 amide bonds. The van der Waals surface area contributed by atoms with Crippen molar-refractivity contribution in [1.29, 1.82) is 0 Å². The summed E-state index contributed by atoms with van der Waals surface area (Å²) in [5.74, 6) is 0.718. The van der Waals surface area contributed by atoms with Gasteiger partial charge in [0.25, 0.3) is 5.91 Å². The van der Waals surface area contributed by atoms with E-state index in [1.165, 1.54) is 6.26 Å². The van der Waals surface area contributed by atoms with Crippen LogP contribution in [0.2, 0.25) is 5.02 Å². The molecule has 3 rings (SSSR count). The third-order valence-corrected chi connectivity index (χ3v) is 3.67. The van der Waals surface area contributed by atoms with Gasteiger partial charge in [-0.1, -0.05) is 28.9 Å². The zero-order valence-electron chi connectivity index (χ0n) is 12.5. The highest BCUT2D eigenvalue weighted by atomic mass is 35.5. The lowest BCUT2D eigenvalue weighted by Crippen LogP contribution is -2.26. The van der Waals surface area contributed by atoms with Crippen molar-refractivity contribution in [3.05, 3.63) is 64.6 Å². The first kappa shape index (κ1) is 15.4. The van der Waals surface area contributed by atoms with E-state index in [-0.39, 0.29) is 5.91 Å². The van der Waals surface area contributed by atoms with Gasteiger partial charge < -0.3 is 14.3 Å². The molecule has 0 fully saturated rings. The molecule has 0 bridgehead atoms. The molecule has 118 valence electrons. The molecule has 1 N–H and O–H groups in total. The summed E-state index contributed by atoms with van der Waals surface area (Å²) in [5, 5.41) is 7.47. The van der Waals surface area contributed by atoms with E-state index < -0.39 is 0 Å². The summed E-state index contributed by atoms with van der Waals surface area (Å²) in [6.45, 7) is 2.19. The molecule has 2 aromatic heterocycles. The second-order valence-corrected chi connectivity index (χ2v) is 5.51. The smallest absolute Gasteiger partial charge is 0.257 e. The maximum absolute atomic E-state index is 12.4. The van der Waals surface area contributed by atoms with Crippen molar-refractivity contribution in [3.63, 3.8) is 0 Å². The van der Waals surface area contributed by atoms with E-state index in [0.29, 0.717) is 40.8 Å². The fraction of sp³-hybridized carbons (Fsp3) is 0.176. The number of amides is 1. The van der Waals surface area contributed by atoms with Gasteiger partial charge in [-0.25, -0.2) is 0 Å². The third-order valence-electron chi connectivity index (χ3n) is 3.43. The lowest BCUT2D eigenvalue weighted by atomic mass is 10.1. The van der Waals surface area contributed by atoms with Gasteiger partial charge in [-0.15, -0.1) is 0 Å². The highest BCUT2D eigenvalue weighted by Gasteiger charge is 2.22. The van der Waals surface area contributed by atoms with E-state index in [9.17, 15) is 4.79 Å². The molecule has 1 aromatic carbocycles. The number of aryl methyl sites for hydroxylation is 1. The lowest BCUT2D eigenvalue weighted by Gasteiger charge is -2.05. The van der Waals surface area contributed by atoms with Gasteiger partial charge in [-0.3, -0.25) is 4.79 Å². The van der Waals surface area contributed by atoms with Crippen LogP contribution < -0.4 is 5.32 Å². The second kappa shape index (κ2) is 6.71. The molecule has 0 unspecified atom stereocenters. The largest absolute Gasteiger partial charge is 0.463 e. The van der Waals surface area contributed by atoms with Crippen LogP contribution in [0.25, 0.3) is 11.5 Å². The van der Waals surface area contributed by atoms with E-state index in [2.05, 4.69) is 10.5 Å². The Morgan fingerprint density at radius 3 is 2.91 bits per heavy atom. The Bertz CT molecular complexity index is 809. The molecule has 0 aliphatic heterocycles. The number of benzene rings is 1. The number of carbonyl (C=O) groups is 1. The first-order valence-corrected chi connectivity index (χ1v) is 7.56. The van der Waals surface area contributed by atoms with Gasteiger partial charge in [0.1, 0.15) is 11.3 Å². The molecule has 0 aliphatic rings. The van der Waals surface area contributed by atoms with E-state index in [4.69, 9.17) is 20.5 Å². The van der Waals surface area contributed by atoms with Crippen molar-refractivity contribution in [1.82, 2.24) is 10.5 Å². The minimum Gasteiger partial charge on any atom is -0.463 e. The monoisotopic (exact) mass is 330 g/mol. The SMILES string of the molecule is Cc1onc(-c2ccco2)c1C(=O)NCCc1cccc(Cl)c1. The van der Waals surface area contributed by atoms with Gasteiger partial charge in [0.15, 0.2) is 11.5 Å². The van der Waals surface area contributed by atoms with Gasteiger partial charge in [0, 0.05) is 11.6 Å². The minimum atomic E-state index is -0.239. The number of carbonyl (C=O) groups excluding carboxylic acids is 1. The second-order valence-electron chi connectivity index (χ2n) is 5.08. The molecule has 6 heteroatoms. The number of nitrogens with zero attached hydrogens (tertiary/aromatic N) is 1. The van der Waals surface area contributed by atoms with Crippen LogP contribution in [0.3, 0.4) is 0 Å². The van der Waals surface area contributed by atoms with Crippen molar-refractivity contribution >= 4 is 17.5 Å². The van der Waals surface area contributed by atoms with Gasteiger partial charge in [-0.05, 0) is 43.2 Å². The Hall–Kier alpha value is -2.53. The number of aromatic nitrogens is 1. The molecule has 0 saturated carbocycles. The van der Waals surface area contributed by atoms with E-state index in [1.807, 2.05) is 24.3 Å². The molecular weight excluding hydrogens is 316 g/mol. The van der Waals surface area contributed by atoms with E-state index in [1.54, 1.807) is 19.1 Å². The highest BCUT2D eigenvalue weighted by molar-refractivity contribution is 6.30. The predicted octanol–water partition coefficient (Wildman–Crippen LogP) is 3.87. The Balaban J connectivity index is 1.68. The number of hydrogen-bond acceptors (Lipinski definition) is 4. The van der Waals surface area contributed by atoms with Gasteiger partial charge in [0.2, 0.25) is 0 Å². The van der Waals surface area contributed by atoms with E-state index >= 15 is 0 Å². The van der Waals surface area contributed by atoms with Crippen molar-refractivity contribution in [2.45, 2.75) is 13.3 Å². The zero-order chi connectivity index (χ0) is 16.2. The molecule has 3 aromatic rings. The Morgan fingerprint density at radius 1 is 1.30 bits per heavy atom. The van der Waals surface area contributed by atoms with Crippen molar-refractivity contribution in [2.75, 3.05) is 6.54 Å². The third kappa shape index (κ3) is 3.46. The van der Waals surface area contributed by atoms with Crippen LogP contribution in [-0.2, 0) is 6.42 Å². The normalized spacial score (nSPS) is 10.7. The number of halogens is 1.